The summed E-state index contributed by atoms with van der Waals surface area (Å²) in [7, 11) is 0.292. The molecule has 0 bridgehead atoms. The van der Waals surface area contributed by atoms with Crippen molar-refractivity contribution >= 4 is 10.8 Å². The van der Waals surface area contributed by atoms with Crippen molar-refractivity contribution in [2.75, 3.05) is 13.4 Å². The van der Waals surface area contributed by atoms with Gasteiger partial charge in [-0.3, -0.25) is 9.00 Å². The maximum Gasteiger partial charge on any atom is 0.251 e. The van der Waals surface area contributed by atoms with E-state index in [0.29, 0.717) is 10.6 Å². The van der Waals surface area contributed by atoms with Gasteiger partial charge in [0.15, 0.2) is 0 Å². The first-order chi connectivity index (χ1) is 5.65. The Kier molecular flexibility index (Phi) is 2.65. The summed E-state index contributed by atoms with van der Waals surface area (Å²) in [6.45, 7) is 0. The Hall–Kier alpha value is -1.10. The Labute approximate surface area is 72.0 Å². The summed E-state index contributed by atoms with van der Waals surface area (Å²) in [6.07, 6.45) is 2.92. The Morgan fingerprint density at radius 1 is 1.58 bits per heavy atom. The maximum atomic E-state index is 11.0. The normalized spacial score (nSPS) is 12.5. The lowest BCUT2D eigenvalue weighted by atomic mass is 10.4. The molecule has 0 fully saturated rings. The van der Waals surface area contributed by atoms with Crippen molar-refractivity contribution in [1.29, 1.82) is 0 Å². The summed E-state index contributed by atoms with van der Waals surface area (Å²) in [5.41, 5.74) is -0.263. The summed E-state index contributed by atoms with van der Waals surface area (Å²) in [5, 5.41) is 0. The van der Waals surface area contributed by atoms with Crippen LogP contribution in [0.4, 0.5) is 0 Å². The van der Waals surface area contributed by atoms with E-state index in [9.17, 15) is 9.00 Å². The molecular weight excluding hydrogens is 178 g/mol. The molecule has 0 radical (unpaired) electrons. The summed E-state index contributed by atoms with van der Waals surface area (Å²) >= 11 is 0. The van der Waals surface area contributed by atoms with E-state index in [4.69, 9.17) is 4.74 Å². The third-order valence-electron chi connectivity index (χ3n) is 1.38. The molecule has 1 aromatic heterocycles. The molecule has 1 rings (SSSR count). The van der Waals surface area contributed by atoms with Gasteiger partial charge < -0.3 is 9.72 Å². The van der Waals surface area contributed by atoms with Crippen LogP contribution in [0.2, 0.25) is 0 Å². The highest BCUT2D eigenvalue weighted by Gasteiger charge is 2.06. The second kappa shape index (κ2) is 3.53. The lowest BCUT2D eigenvalue weighted by Crippen LogP contribution is -2.06. The van der Waals surface area contributed by atoms with Crippen LogP contribution in [0.25, 0.3) is 0 Å². The van der Waals surface area contributed by atoms with Crippen molar-refractivity contribution in [1.82, 2.24) is 4.98 Å². The van der Waals surface area contributed by atoms with E-state index < -0.39 is 10.8 Å². The second-order valence-electron chi connectivity index (χ2n) is 2.18. The summed E-state index contributed by atoms with van der Waals surface area (Å²) in [4.78, 5) is 13.7. The van der Waals surface area contributed by atoms with Crippen LogP contribution in [0.5, 0.6) is 5.75 Å². The molecule has 0 saturated heterocycles. The average Bonchev–Trinajstić information content (AvgIpc) is 2.03. The van der Waals surface area contributed by atoms with Gasteiger partial charge in [-0.05, 0) is 0 Å². The molecule has 12 heavy (non-hydrogen) atoms. The molecule has 0 saturated carbocycles. The molecular formula is C7H9NO3S. The molecule has 1 heterocycles. The van der Waals surface area contributed by atoms with E-state index >= 15 is 0 Å². The number of aromatic nitrogens is 1. The van der Waals surface area contributed by atoms with Gasteiger partial charge in [-0.1, -0.05) is 0 Å². The van der Waals surface area contributed by atoms with Crippen molar-refractivity contribution in [3.05, 3.63) is 22.6 Å². The highest BCUT2D eigenvalue weighted by Crippen LogP contribution is 2.16. The Morgan fingerprint density at radius 3 is 2.75 bits per heavy atom. The number of aromatic amines is 1. The first-order valence-corrected chi connectivity index (χ1v) is 4.81. The van der Waals surface area contributed by atoms with Gasteiger partial charge in [0.1, 0.15) is 5.75 Å². The number of rotatable bonds is 2. The number of methoxy groups -OCH3 is 1. The lowest BCUT2D eigenvalue weighted by molar-refractivity contribution is 0.402. The molecule has 1 unspecified atom stereocenters. The van der Waals surface area contributed by atoms with Crippen molar-refractivity contribution in [3.63, 3.8) is 0 Å². The standard InChI is InChI=1S/C7H9NO3S/c1-11-5-3-7(9)8-4-6(5)12(2)10/h3-4H,1-2H3,(H,8,9). The third-order valence-corrected chi connectivity index (χ3v) is 2.32. The third kappa shape index (κ3) is 1.73. The fourth-order valence-corrected chi connectivity index (χ4v) is 1.47. The molecule has 1 aromatic rings. The smallest absolute Gasteiger partial charge is 0.251 e. The minimum atomic E-state index is -1.14. The van der Waals surface area contributed by atoms with E-state index in [-0.39, 0.29) is 5.56 Å². The fourth-order valence-electron chi connectivity index (χ4n) is 0.824. The highest BCUT2D eigenvalue weighted by atomic mass is 32.2. The molecule has 0 aliphatic carbocycles. The highest BCUT2D eigenvalue weighted by molar-refractivity contribution is 7.84. The van der Waals surface area contributed by atoms with Crippen molar-refractivity contribution in [3.8, 4) is 5.75 Å². The topological polar surface area (TPSA) is 59.2 Å². The Morgan fingerprint density at radius 2 is 2.25 bits per heavy atom. The van der Waals surface area contributed by atoms with Crippen LogP contribution in [0.1, 0.15) is 0 Å². The largest absolute Gasteiger partial charge is 0.495 e. The number of H-pyrrole nitrogens is 1. The number of ether oxygens (including phenoxy) is 1. The molecule has 1 N–H and O–H groups in total. The zero-order valence-corrected chi connectivity index (χ0v) is 7.60. The van der Waals surface area contributed by atoms with Crippen LogP contribution in [-0.4, -0.2) is 22.6 Å². The van der Waals surface area contributed by atoms with Crippen LogP contribution in [-0.2, 0) is 10.8 Å². The zero-order chi connectivity index (χ0) is 9.14. The SMILES string of the molecule is COc1cc(=O)[nH]cc1S(C)=O. The maximum absolute atomic E-state index is 11.0. The van der Waals surface area contributed by atoms with Gasteiger partial charge in [-0.15, -0.1) is 0 Å². The summed E-state index contributed by atoms with van der Waals surface area (Å²) in [6, 6.07) is 1.27. The van der Waals surface area contributed by atoms with Crippen LogP contribution >= 0.6 is 0 Å². The van der Waals surface area contributed by atoms with Crippen LogP contribution < -0.4 is 10.3 Å². The molecule has 5 heteroatoms. The second-order valence-corrected chi connectivity index (χ2v) is 3.53. The number of hydrogen-bond donors (Lipinski definition) is 1. The summed E-state index contributed by atoms with van der Waals surface area (Å²) < 4.78 is 15.9. The molecule has 4 nitrogen and oxygen atoms in total. The van der Waals surface area contributed by atoms with Crippen LogP contribution in [0, 0.1) is 0 Å². The number of hydrogen-bond acceptors (Lipinski definition) is 3. The fraction of sp³-hybridized carbons (Fsp3) is 0.286. The number of nitrogens with one attached hydrogen (secondary N) is 1. The van der Waals surface area contributed by atoms with E-state index in [2.05, 4.69) is 4.98 Å². The van der Waals surface area contributed by atoms with Gasteiger partial charge in [0, 0.05) is 18.5 Å². The molecule has 0 amide bonds. The van der Waals surface area contributed by atoms with Gasteiger partial charge in [-0.2, -0.15) is 0 Å². The first-order valence-electron chi connectivity index (χ1n) is 3.25. The van der Waals surface area contributed by atoms with E-state index in [0.717, 1.165) is 0 Å². The number of pyridine rings is 1. The lowest BCUT2D eigenvalue weighted by Gasteiger charge is -2.03. The predicted molar refractivity (Wildman–Crippen MR) is 45.9 cm³/mol. The average molecular weight is 187 g/mol. The molecule has 66 valence electrons. The van der Waals surface area contributed by atoms with Crippen LogP contribution in [0.3, 0.4) is 0 Å². The quantitative estimate of drug-likeness (QED) is 0.715. The molecule has 0 spiro atoms. The van der Waals surface area contributed by atoms with Crippen LogP contribution in [0.15, 0.2) is 22.0 Å². The molecule has 0 aliphatic heterocycles. The predicted octanol–water partition coefficient (Wildman–Crippen LogP) is 0.121. The van der Waals surface area contributed by atoms with Gasteiger partial charge >= 0.3 is 0 Å². The monoisotopic (exact) mass is 187 g/mol. The zero-order valence-electron chi connectivity index (χ0n) is 6.79. The minimum Gasteiger partial charge on any atom is -0.495 e. The van der Waals surface area contributed by atoms with Gasteiger partial charge in [0.2, 0.25) is 0 Å². The van der Waals surface area contributed by atoms with Gasteiger partial charge in [0.25, 0.3) is 5.56 Å². The van der Waals surface area contributed by atoms with Crippen molar-refractivity contribution < 1.29 is 8.95 Å². The van der Waals surface area contributed by atoms with Gasteiger partial charge in [-0.25, -0.2) is 0 Å². The van der Waals surface area contributed by atoms with E-state index in [1.807, 2.05) is 0 Å². The molecule has 1 atom stereocenters. The van der Waals surface area contributed by atoms with E-state index in [1.54, 1.807) is 0 Å². The molecule has 0 aromatic carbocycles. The minimum absolute atomic E-state index is 0.263. The van der Waals surface area contributed by atoms with Crippen molar-refractivity contribution in [2.24, 2.45) is 0 Å². The van der Waals surface area contributed by atoms with Gasteiger partial charge in [0.05, 0.1) is 22.8 Å². The summed E-state index contributed by atoms with van der Waals surface area (Å²) in [5.74, 6) is 0.361. The van der Waals surface area contributed by atoms with Crippen molar-refractivity contribution in [2.45, 2.75) is 4.90 Å². The molecule has 0 aliphatic rings. The van der Waals surface area contributed by atoms with E-state index in [1.165, 1.54) is 25.6 Å². The first kappa shape index (κ1) is 8.99. The Bertz CT molecular complexity index is 358. The Balaban J connectivity index is 3.29.